The summed E-state index contributed by atoms with van der Waals surface area (Å²) in [7, 11) is -4.27. The smallest absolute Gasteiger partial charge is 0.406 e. The van der Waals surface area contributed by atoms with Gasteiger partial charge in [-0.3, -0.25) is 4.79 Å². The lowest BCUT2D eigenvalue weighted by Gasteiger charge is -2.39. The number of halogens is 7. The zero-order chi connectivity index (χ0) is 26.4. The second-order valence-corrected chi connectivity index (χ2v) is 11.1. The second-order valence-electron chi connectivity index (χ2n) is 8.53. The van der Waals surface area contributed by atoms with Crippen LogP contribution in [-0.2, 0) is 20.8 Å². The molecule has 2 aromatic carbocycles. The fraction of sp³-hybridized carbons (Fsp3) is 0.409. The third-order valence-electron chi connectivity index (χ3n) is 6.01. The van der Waals surface area contributed by atoms with Crippen molar-refractivity contribution in [2.75, 3.05) is 11.4 Å². The molecule has 1 fully saturated rings. The molecule has 0 aliphatic carbocycles. The van der Waals surface area contributed by atoms with E-state index in [0.29, 0.717) is 6.07 Å². The van der Waals surface area contributed by atoms with E-state index in [0.717, 1.165) is 35.2 Å². The number of ether oxygens (including phenoxy) is 1. The molecule has 0 saturated carbocycles. The van der Waals surface area contributed by atoms with Crippen LogP contribution in [0.2, 0.25) is 0 Å². The Hall–Kier alpha value is -2.83. The molecule has 35 heavy (non-hydrogen) atoms. The molecule has 1 heterocycles. The summed E-state index contributed by atoms with van der Waals surface area (Å²) in [5, 5.41) is 0. The molecule has 0 bridgehead atoms. The summed E-state index contributed by atoms with van der Waals surface area (Å²) in [4.78, 5) is 13.3. The highest BCUT2D eigenvalue weighted by molar-refractivity contribution is 7.92. The maximum absolute atomic E-state index is 14.4. The zero-order valence-corrected chi connectivity index (χ0v) is 19.2. The summed E-state index contributed by atoms with van der Waals surface area (Å²) in [6, 6.07) is 5.63. The third kappa shape index (κ3) is 5.54. The van der Waals surface area contributed by atoms with E-state index in [1.165, 1.54) is 13.8 Å². The normalized spacial score (nSPS) is 18.0. The third-order valence-corrected chi connectivity index (χ3v) is 8.61. The number of hydrogen-bond acceptors (Lipinski definition) is 4. The van der Waals surface area contributed by atoms with Gasteiger partial charge in [0.2, 0.25) is 5.91 Å². The quantitative estimate of drug-likeness (QED) is 0.466. The number of rotatable bonds is 5. The largest absolute Gasteiger partial charge is 0.573 e. The minimum atomic E-state index is -5.02. The molecule has 5 nitrogen and oxygen atoms in total. The van der Waals surface area contributed by atoms with E-state index < -0.39 is 61.0 Å². The van der Waals surface area contributed by atoms with Gasteiger partial charge >= 0.3 is 12.5 Å². The predicted octanol–water partition coefficient (Wildman–Crippen LogP) is 5.74. The summed E-state index contributed by atoms with van der Waals surface area (Å²) in [5.74, 6) is -3.48. The molecule has 1 aliphatic heterocycles. The van der Waals surface area contributed by atoms with E-state index >= 15 is 0 Å². The van der Waals surface area contributed by atoms with E-state index in [-0.39, 0.29) is 31.1 Å². The summed E-state index contributed by atoms with van der Waals surface area (Å²) in [6.45, 7) is 2.49. The Balaban J connectivity index is 1.82. The zero-order valence-electron chi connectivity index (χ0n) is 18.4. The topological polar surface area (TPSA) is 63.7 Å². The van der Waals surface area contributed by atoms with Crippen LogP contribution in [0.25, 0.3) is 0 Å². The highest BCUT2D eigenvalue weighted by atomic mass is 32.2. The van der Waals surface area contributed by atoms with Crippen LogP contribution >= 0.6 is 0 Å². The molecule has 0 spiro atoms. The number of carbonyl (C=O) groups excluding carboxylic acids is 1. The molecule has 1 atom stereocenters. The predicted molar refractivity (Wildman–Crippen MR) is 111 cm³/mol. The number of nitrogens with zero attached hydrogens (tertiary/aromatic N) is 1. The van der Waals surface area contributed by atoms with Crippen molar-refractivity contribution in [3.8, 4) is 5.75 Å². The van der Waals surface area contributed by atoms with Gasteiger partial charge in [0.05, 0.1) is 20.9 Å². The lowest BCUT2D eigenvalue weighted by Crippen LogP contribution is -2.48. The number of alkyl halides is 6. The van der Waals surface area contributed by atoms with Crippen LogP contribution < -0.4 is 9.64 Å². The first-order chi connectivity index (χ1) is 15.9. The number of anilines is 1. The van der Waals surface area contributed by atoms with Crippen LogP contribution in [0.5, 0.6) is 5.75 Å². The van der Waals surface area contributed by atoms with Gasteiger partial charge in [-0.1, -0.05) is 6.07 Å². The van der Waals surface area contributed by atoms with E-state index in [4.69, 9.17) is 0 Å². The van der Waals surface area contributed by atoms with Crippen LogP contribution in [0, 0.1) is 11.7 Å². The fourth-order valence-corrected chi connectivity index (χ4v) is 5.72. The van der Waals surface area contributed by atoms with Gasteiger partial charge in [0, 0.05) is 13.0 Å². The van der Waals surface area contributed by atoms with Gasteiger partial charge in [0.25, 0.3) is 0 Å². The number of piperidine rings is 1. The maximum atomic E-state index is 14.4. The first-order valence-corrected chi connectivity index (χ1v) is 11.7. The molecule has 1 saturated heterocycles. The summed E-state index contributed by atoms with van der Waals surface area (Å²) >= 11 is 0. The van der Waals surface area contributed by atoms with E-state index in [9.17, 15) is 43.9 Å². The number of benzene rings is 2. The average Bonchev–Trinajstić information content (AvgIpc) is 2.72. The van der Waals surface area contributed by atoms with Crippen molar-refractivity contribution in [2.45, 2.75) is 48.9 Å². The lowest BCUT2D eigenvalue weighted by molar-refractivity contribution is -0.274. The number of hydrogen-bond donors (Lipinski definition) is 0. The molecular weight excluding hydrogens is 507 g/mol. The molecule has 1 aliphatic rings. The Morgan fingerprint density at radius 3 is 2.20 bits per heavy atom. The highest BCUT2D eigenvalue weighted by Gasteiger charge is 2.46. The van der Waals surface area contributed by atoms with Gasteiger partial charge < -0.3 is 9.64 Å². The molecule has 0 N–H and O–H groups in total. The van der Waals surface area contributed by atoms with Crippen molar-refractivity contribution in [2.24, 2.45) is 5.92 Å². The van der Waals surface area contributed by atoms with Crippen LogP contribution in [0.3, 0.4) is 0 Å². The number of carbonyl (C=O) groups is 1. The average molecular weight is 527 g/mol. The molecule has 192 valence electrons. The molecular formula is C22H20F7NO4S. The summed E-state index contributed by atoms with van der Waals surface area (Å²) in [6.07, 6.45) is -10.1. The SMILES string of the molecule is CC(C)([C@H]1CCN(c2ccc(C(F)(F)F)cc2F)C(=O)C1)S(=O)(=O)c1cccc(OC(F)(F)F)c1. The van der Waals surface area contributed by atoms with E-state index in [2.05, 4.69) is 4.74 Å². The lowest BCUT2D eigenvalue weighted by atomic mass is 9.85. The Labute approximate surface area is 196 Å². The second kappa shape index (κ2) is 8.99. The van der Waals surface area contributed by atoms with Crippen molar-refractivity contribution >= 4 is 21.4 Å². The monoisotopic (exact) mass is 527 g/mol. The number of amides is 1. The Morgan fingerprint density at radius 2 is 1.66 bits per heavy atom. The van der Waals surface area contributed by atoms with Crippen LogP contribution in [0.15, 0.2) is 47.4 Å². The summed E-state index contributed by atoms with van der Waals surface area (Å²) < 4.78 is 119. The molecule has 13 heteroatoms. The Morgan fingerprint density at radius 1 is 1.00 bits per heavy atom. The molecule has 0 radical (unpaired) electrons. The first-order valence-electron chi connectivity index (χ1n) is 10.2. The standard InChI is InChI=1S/C22H20F7NO4S/c1-20(2,35(32,33)16-5-3-4-15(12-16)34-22(27,28)29)13-8-9-30(19(31)11-13)18-7-6-14(10-17(18)23)21(24,25)26/h3-7,10,12-13H,8-9,11H2,1-2H3/t13-/m0/s1. The number of sulfone groups is 1. The van der Waals surface area contributed by atoms with Gasteiger partial charge in [-0.25, -0.2) is 12.8 Å². The van der Waals surface area contributed by atoms with Gasteiger partial charge in [0.1, 0.15) is 11.6 Å². The van der Waals surface area contributed by atoms with Crippen molar-refractivity contribution in [3.63, 3.8) is 0 Å². The van der Waals surface area contributed by atoms with E-state index in [1.807, 2.05) is 0 Å². The maximum Gasteiger partial charge on any atom is 0.573 e. The van der Waals surface area contributed by atoms with Crippen LogP contribution in [-0.4, -0.2) is 32.0 Å². The minimum absolute atomic E-state index is 0.0528. The van der Waals surface area contributed by atoms with Crippen LogP contribution in [0.1, 0.15) is 32.3 Å². The van der Waals surface area contributed by atoms with Gasteiger partial charge in [-0.05, 0) is 62.6 Å². The molecule has 0 unspecified atom stereocenters. The van der Waals surface area contributed by atoms with Crippen molar-refractivity contribution in [1.29, 1.82) is 0 Å². The molecule has 0 aromatic heterocycles. The summed E-state index contributed by atoms with van der Waals surface area (Å²) in [5.41, 5.74) is -1.58. The van der Waals surface area contributed by atoms with Gasteiger partial charge in [-0.15, -0.1) is 13.2 Å². The Kier molecular flexibility index (Phi) is 6.88. The molecule has 3 rings (SSSR count). The van der Waals surface area contributed by atoms with Gasteiger partial charge in [0.15, 0.2) is 9.84 Å². The molecule has 2 aromatic rings. The van der Waals surface area contributed by atoms with E-state index in [1.54, 1.807) is 0 Å². The fourth-order valence-electron chi connectivity index (χ4n) is 3.94. The minimum Gasteiger partial charge on any atom is -0.406 e. The Bertz CT molecular complexity index is 1220. The first kappa shape index (κ1) is 26.8. The van der Waals surface area contributed by atoms with Crippen molar-refractivity contribution < 1.29 is 48.7 Å². The van der Waals surface area contributed by atoms with Crippen molar-refractivity contribution in [1.82, 2.24) is 0 Å². The van der Waals surface area contributed by atoms with Crippen LogP contribution in [0.4, 0.5) is 36.4 Å². The van der Waals surface area contributed by atoms with Crippen molar-refractivity contribution in [3.05, 3.63) is 53.8 Å². The van der Waals surface area contributed by atoms with Gasteiger partial charge in [-0.2, -0.15) is 13.2 Å². The highest BCUT2D eigenvalue weighted by Crippen LogP contribution is 2.41. The molecule has 1 amide bonds.